The van der Waals surface area contributed by atoms with E-state index < -0.39 is 5.91 Å². The summed E-state index contributed by atoms with van der Waals surface area (Å²) in [6, 6.07) is 33.2. The maximum Gasteiger partial charge on any atom is 0.262 e. The summed E-state index contributed by atoms with van der Waals surface area (Å²) in [4.78, 5) is 78.4. The number of hydrogen-bond donors (Lipinski definition) is 3. The first-order chi connectivity index (χ1) is 41.0. The third-order valence-electron chi connectivity index (χ3n) is 13.3. The third-order valence-corrected chi connectivity index (χ3v) is 13.8. The first kappa shape index (κ1) is 63.5. The molecular formula is C63H72BrN11O9. The molecule has 0 spiro atoms. The number of hydrogen-bond acceptors (Lipinski definition) is 18. The first-order valence-corrected chi connectivity index (χ1v) is 29.0. The van der Waals surface area contributed by atoms with Crippen molar-refractivity contribution in [1.29, 1.82) is 5.26 Å². The van der Waals surface area contributed by atoms with Gasteiger partial charge in [-0.1, -0.05) is 54.9 Å². The van der Waals surface area contributed by atoms with E-state index in [1.165, 1.54) is 12.3 Å². The lowest BCUT2D eigenvalue weighted by Gasteiger charge is -2.34. The number of nitriles is 1. The molecule has 7 rings (SSSR count). The van der Waals surface area contributed by atoms with Gasteiger partial charge in [0, 0.05) is 99.9 Å². The number of carbonyl (C=O) groups excluding carboxylic acids is 4. The van der Waals surface area contributed by atoms with Gasteiger partial charge in [-0.05, 0) is 132 Å². The molecule has 0 saturated carbocycles. The third kappa shape index (κ3) is 22.2. The number of aromatic nitrogens is 4. The second kappa shape index (κ2) is 35.1. The summed E-state index contributed by atoms with van der Waals surface area (Å²) in [5.41, 5.74) is 7.05. The predicted octanol–water partition coefficient (Wildman–Crippen LogP) is 9.51. The molecule has 440 valence electrons. The molecule has 0 aliphatic carbocycles. The number of Topliss-reactive ketones (excluding diaryl/α,β-unsaturated/α-hetero) is 2. The summed E-state index contributed by atoms with van der Waals surface area (Å²) in [6.45, 7) is 11.0. The van der Waals surface area contributed by atoms with Crippen molar-refractivity contribution in [2.45, 2.75) is 65.0 Å². The van der Waals surface area contributed by atoms with Crippen molar-refractivity contribution in [2.24, 2.45) is 5.16 Å². The van der Waals surface area contributed by atoms with Crippen LogP contribution in [0.15, 0.2) is 137 Å². The van der Waals surface area contributed by atoms with Gasteiger partial charge in [0.15, 0.2) is 12.4 Å². The van der Waals surface area contributed by atoms with E-state index in [9.17, 15) is 24.4 Å². The Bertz CT molecular complexity index is 3150. The van der Waals surface area contributed by atoms with E-state index in [4.69, 9.17) is 23.8 Å². The fourth-order valence-electron chi connectivity index (χ4n) is 8.83. The number of piperazine rings is 1. The maximum absolute atomic E-state index is 13.3. The molecule has 1 aliphatic heterocycles. The van der Waals surface area contributed by atoms with Crippen LogP contribution >= 0.6 is 15.9 Å². The summed E-state index contributed by atoms with van der Waals surface area (Å²) >= 11 is 3.30. The molecule has 1 fully saturated rings. The average molecular weight is 1210 g/mol. The second-order valence-corrected chi connectivity index (χ2v) is 20.6. The smallest absolute Gasteiger partial charge is 0.262 e. The molecule has 3 aromatic heterocycles. The molecule has 3 N–H and O–H groups in total. The zero-order valence-corrected chi connectivity index (χ0v) is 49.1. The van der Waals surface area contributed by atoms with Crippen molar-refractivity contribution in [2.75, 3.05) is 96.2 Å². The van der Waals surface area contributed by atoms with Crippen molar-refractivity contribution in [3.63, 3.8) is 0 Å². The van der Waals surface area contributed by atoms with Gasteiger partial charge in [-0.25, -0.2) is 15.0 Å². The van der Waals surface area contributed by atoms with E-state index in [-0.39, 0.29) is 42.3 Å². The number of anilines is 3. The zero-order valence-electron chi connectivity index (χ0n) is 47.6. The number of oxime groups is 1. The van der Waals surface area contributed by atoms with Crippen molar-refractivity contribution >= 4 is 68.9 Å². The number of carbonyl (C=O) groups is 4. The van der Waals surface area contributed by atoms with Gasteiger partial charge in [0.2, 0.25) is 5.95 Å². The topological polar surface area (TPSA) is 245 Å². The molecule has 21 heteroatoms. The van der Waals surface area contributed by atoms with Crippen molar-refractivity contribution in [1.82, 2.24) is 35.1 Å². The number of ether oxygens (including phenoxy) is 4. The number of ketones is 2. The quantitative estimate of drug-likeness (QED) is 0.00837. The van der Waals surface area contributed by atoms with E-state index in [1.807, 2.05) is 92.7 Å². The Hall–Kier alpha value is -8.10. The monoisotopic (exact) mass is 1210 g/mol. The van der Waals surface area contributed by atoms with Crippen LogP contribution in [0.4, 0.5) is 17.3 Å². The number of nitrogens with one attached hydrogen (secondary N) is 3. The van der Waals surface area contributed by atoms with Crippen molar-refractivity contribution < 1.29 is 43.0 Å². The SMILES string of the molecule is CCCC(NC(=O)/C(C#N)=C/c1cccc(Br)n1)c1ccc(OCC=NOCC(=O)CCCOCCOCCOCCCC(=O)CN2CCN(Cc3ccc(C(=O)Nc4ccc(C)c(Nc5nccc(-c6cccnc6)n5)c4)cc3)CC2)cc1. The minimum Gasteiger partial charge on any atom is -0.488 e. The number of pyridine rings is 2. The number of halogens is 1. The largest absolute Gasteiger partial charge is 0.488 e. The highest BCUT2D eigenvalue weighted by Crippen LogP contribution is 2.26. The van der Waals surface area contributed by atoms with Gasteiger partial charge < -0.3 is 39.7 Å². The van der Waals surface area contributed by atoms with Gasteiger partial charge in [-0.15, -0.1) is 0 Å². The first-order valence-electron chi connectivity index (χ1n) is 28.2. The predicted molar refractivity (Wildman–Crippen MR) is 324 cm³/mol. The lowest BCUT2D eigenvalue weighted by molar-refractivity contribution is -0.124. The molecule has 84 heavy (non-hydrogen) atoms. The molecule has 1 saturated heterocycles. The Balaban J connectivity index is 0.648. The molecule has 1 aliphatic rings. The van der Waals surface area contributed by atoms with Crippen LogP contribution in [0.2, 0.25) is 0 Å². The van der Waals surface area contributed by atoms with Gasteiger partial charge in [-0.2, -0.15) is 5.26 Å². The standard InChI is InChI=1S/C63H72BrN11O9/c1-3-8-57(71-62(79)51(41-65)39-52-10-4-13-60(64)69-52)48-19-22-56(23-20-48)83-34-27-68-84-45-55(77)12-7-33-81-36-38-82-37-35-80-32-6-11-54(76)44-75-30-28-74(29-31-75)43-47-15-17-49(18-16-47)61(78)70-53-21-14-46(2)59(40-53)73-63-67-26-24-58(72-63)50-9-5-25-66-42-50/h4-5,9-10,13-27,39-40,42,57H,3,6-8,11-12,28-38,43-45H2,1-2H3,(H,70,78)(H,71,79)(H,67,72,73)/b51-39+,68-27?. The van der Waals surface area contributed by atoms with E-state index >= 15 is 0 Å². The van der Waals surface area contributed by atoms with Crippen LogP contribution in [-0.4, -0.2) is 145 Å². The number of amides is 2. The summed E-state index contributed by atoms with van der Waals surface area (Å²) in [5, 5.41) is 22.7. The van der Waals surface area contributed by atoms with Crippen LogP contribution < -0.4 is 20.7 Å². The minimum atomic E-state index is -0.480. The summed E-state index contributed by atoms with van der Waals surface area (Å²) < 4.78 is 23.2. The van der Waals surface area contributed by atoms with E-state index in [0.717, 1.165) is 72.8 Å². The van der Waals surface area contributed by atoms with E-state index in [0.29, 0.717) is 112 Å². The normalized spacial score (nSPS) is 13.2. The van der Waals surface area contributed by atoms with Crippen LogP contribution in [0.5, 0.6) is 5.75 Å². The highest BCUT2D eigenvalue weighted by molar-refractivity contribution is 9.10. The molecule has 0 bridgehead atoms. The number of rotatable bonds is 35. The number of nitrogens with zero attached hydrogens (tertiary/aromatic N) is 8. The molecule has 1 unspecified atom stereocenters. The van der Waals surface area contributed by atoms with Crippen LogP contribution in [0.25, 0.3) is 17.3 Å². The van der Waals surface area contributed by atoms with E-state index in [1.54, 1.807) is 48.9 Å². The van der Waals surface area contributed by atoms with Gasteiger partial charge in [-0.3, -0.25) is 34.0 Å². The molecule has 1 atom stereocenters. The lowest BCUT2D eigenvalue weighted by atomic mass is 10.0. The summed E-state index contributed by atoms with van der Waals surface area (Å²) in [5.74, 6) is 0.453. The van der Waals surface area contributed by atoms with Gasteiger partial charge in [0.05, 0.1) is 56.6 Å². The Morgan fingerprint density at radius 3 is 2.24 bits per heavy atom. The number of benzene rings is 3. The van der Waals surface area contributed by atoms with Crippen LogP contribution in [-0.2, 0) is 40.0 Å². The maximum atomic E-state index is 13.3. The Labute approximate surface area is 499 Å². The fourth-order valence-corrected chi connectivity index (χ4v) is 9.19. The zero-order chi connectivity index (χ0) is 59.1. The molecule has 20 nitrogen and oxygen atoms in total. The number of aryl methyl sites for hydroxylation is 1. The van der Waals surface area contributed by atoms with Crippen LogP contribution in [0.3, 0.4) is 0 Å². The fraction of sp³-hybridized carbons (Fsp3) is 0.365. The molecule has 2 amide bonds. The highest BCUT2D eigenvalue weighted by atomic mass is 79.9. The van der Waals surface area contributed by atoms with E-state index in [2.05, 4.69) is 66.8 Å². The average Bonchev–Trinajstić information content (AvgIpc) is 3.63. The van der Waals surface area contributed by atoms with Gasteiger partial charge >= 0.3 is 0 Å². The molecule has 4 heterocycles. The highest BCUT2D eigenvalue weighted by Gasteiger charge is 2.21. The Morgan fingerprint density at radius 1 is 0.810 bits per heavy atom. The van der Waals surface area contributed by atoms with Crippen molar-refractivity contribution in [3.05, 3.63) is 160 Å². The van der Waals surface area contributed by atoms with Gasteiger partial charge in [0.25, 0.3) is 11.8 Å². The van der Waals surface area contributed by atoms with Crippen LogP contribution in [0.1, 0.15) is 84.2 Å². The lowest BCUT2D eigenvalue weighted by Crippen LogP contribution is -2.47. The molecular weight excluding hydrogens is 1130 g/mol. The Morgan fingerprint density at radius 2 is 1.54 bits per heavy atom. The van der Waals surface area contributed by atoms with Gasteiger partial charge in [0.1, 0.15) is 34.4 Å². The second-order valence-electron chi connectivity index (χ2n) is 19.8. The van der Waals surface area contributed by atoms with Crippen LogP contribution in [0, 0.1) is 18.3 Å². The minimum absolute atomic E-state index is 0.0409. The Kier molecular flexibility index (Phi) is 26.6. The van der Waals surface area contributed by atoms with Crippen molar-refractivity contribution in [3.8, 4) is 23.1 Å². The summed E-state index contributed by atoms with van der Waals surface area (Å²) in [7, 11) is 0. The molecule has 0 radical (unpaired) electrons. The summed E-state index contributed by atoms with van der Waals surface area (Å²) in [6.07, 6.45) is 11.5. The molecule has 3 aromatic carbocycles. The molecule has 6 aromatic rings.